The Hall–Kier alpha value is -1.51. The quantitative estimate of drug-likeness (QED) is 0.826. The Balaban J connectivity index is 1.70. The molecule has 0 spiro atoms. The van der Waals surface area contributed by atoms with E-state index in [2.05, 4.69) is 28.5 Å². The van der Waals surface area contributed by atoms with Crippen LogP contribution in [0.15, 0.2) is 30.5 Å². The molecule has 0 aromatic carbocycles. The molecule has 0 saturated heterocycles. The van der Waals surface area contributed by atoms with Crippen molar-refractivity contribution in [3.8, 4) is 5.88 Å². The maximum absolute atomic E-state index is 5.73. The lowest BCUT2D eigenvalue weighted by Crippen LogP contribution is -2.43. The number of hydrogen-bond donors (Lipinski definition) is 1. The summed E-state index contributed by atoms with van der Waals surface area (Å²) in [6, 6.07) is 4.56. The largest absolute Gasteiger partial charge is 0.473 e. The molecule has 18 heavy (non-hydrogen) atoms. The Morgan fingerprint density at radius 1 is 1.44 bits per heavy atom. The lowest BCUT2D eigenvalue weighted by atomic mass is 9.71. The highest BCUT2D eigenvalue weighted by Crippen LogP contribution is 2.44. The summed E-state index contributed by atoms with van der Waals surface area (Å²) in [6.45, 7) is 4.05. The van der Waals surface area contributed by atoms with Crippen molar-refractivity contribution in [3.05, 3.63) is 30.5 Å². The Bertz CT molecular complexity index is 456. The summed E-state index contributed by atoms with van der Waals surface area (Å²) in [6.07, 6.45) is 9.11. The fourth-order valence-corrected chi connectivity index (χ4v) is 2.90. The molecule has 3 atom stereocenters. The van der Waals surface area contributed by atoms with Gasteiger partial charge in [0.25, 0.3) is 0 Å². The molecule has 2 aliphatic carbocycles. The molecule has 96 valence electrons. The van der Waals surface area contributed by atoms with Gasteiger partial charge in [0.2, 0.25) is 5.88 Å². The Kier molecular flexibility index (Phi) is 2.98. The van der Waals surface area contributed by atoms with Crippen molar-refractivity contribution in [1.82, 2.24) is 4.98 Å². The van der Waals surface area contributed by atoms with Gasteiger partial charge in [0.15, 0.2) is 0 Å². The molecule has 0 aliphatic heterocycles. The van der Waals surface area contributed by atoms with Crippen molar-refractivity contribution in [2.45, 2.75) is 38.8 Å². The van der Waals surface area contributed by atoms with Gasteiger partial charge in [-0.3, -0.25) is 0 Å². The minimum absolute atomic E-state index is 0.154. The van der Waals surface area contributed by atoms with Crippen molar-refractivity contribution in [3.63, 3.8) is 0 Å². The first-order valence-corrected chi connectivity index (χ1v) is 6.79. The Labute approximate surface area is 108 Å². The van der Waals surface area contributed by atoms with E-state index in [1.165, 1.54) is 12.8 Å². The maximum Gasteiger partial charge on any atom is 0.237 e. The average Bonchev–Trinajstić information content (AvgIpc) is 2.69. The number of fused-ring (bicyclic) bond motifs is 1. The molecule has 1 aromatic heterocycles. The topological polar surface area (TPSA) is 34.1 Å². The van der Waals surface area contributed by atoms with E-state index in [1.807, 2.05) is 19.9 Å². The van der Waals surface area contributed by atoms with Gasteiger partial charge in [-0.1, -0.05) is 12.2 Å². The number of pyridine rings is 1. The van der Waals surface area contributed by atoms with Crippen molar-refractivity contribution in [1.29, 1.82) is 0 Å². The number of anilines is 1. The summed E-state index contributed by atoms with van der Waals surface area (Å²) in [5, 5.41) is 3.58. The van der Waals surface area contributed by atoms with Crippen LogP contribution in [0.25, 0.3) is 0 Å². The van der Waals surface area contributed by atoms with Crippen molar-refractivity contribution >= 4 is 5.69 Å². The standard InChI is InChI=1S/C15H20N2O/c1-10(2)18-15-13(7-4-8-16-15)17-14-9-11-5-3-6-12(11)14/h3-4,6-8,10-12,14,17H,5,9H2,1-2H3. The molecule has 1 heterocycles. The van der Waals surface area contributed by atoms with Crippen LogP contribution in [0.2, 0.25) is 0 Å². The van der Waals surface area contributed by atoms with E-state index in [0.717, 1.165) is 17.5 Å². The molecular weight excluding hydrogens is 224 g/mol. The average molecular weight is 244 g/mol. The van der Waals surface area contributed by atoms with Crippen LogP contribution in [0.4, 0.5) is 5.69 Å². The molecule has 3 rings (SSSR count). The highest BCUT2D eigenvalue weighted by atomic mass is 16.5. The van der Waals surface area contributed by atoms with Gasteiger partial charge in [-0.05, 0) is 44.7 Å². The van der Waals surface area contributed by atoms with E-state index in [4.69, 9.17) is 4.74 Å². The Morgan fingerprint density at radius 3 is 3.11 bits per heavy atom. The fraction of sp³-hybridized carbons (Fsp3) is 0.533. The first-order chi connectivity index (χ1) is 8.74. The number of rotatable bonds is 4. The fourth-order valence-electron chi connectivity index (χ4n) is 2.90. The zero-order valence-corrected chi connectivity index (χ0v) is 11.0. The second-order valence-corrected chi connectivity index (χ2v) is 5.51. The summed E-state index contributed by atoms with van der Waals surface area (Å²) in [5.74, 6) is 2.30. The van der Waals surface area contributed by atoms with Crippen molar-refractivity contribution in [2.24, 2.45) is 11.8 Å². The highest BCUT2D eigenvalue weighted by Gasteiger charge is 2.41. The zero-order valence-electron chi connectivity index (χ0n) is 11.0. The van der Waals surface area contributed by atoms with Gasteiger partial charge in [-0.25, -0.2) is 4.98 Å². The number of nitrogens with zero attached hydrogens (tertiary/aromatic N) is 1. The van der Waals surface area contributed by atoms with E-state index in [9.17, 15) is 0 Å². The first kappa shape index (κ1) is 11.6. The minimum Gasteiger partial charge on any atom is -0.473 e. The number of aromatic nitrogens is 1. The van der Waals surface area contributed by atoms with Crippen LogP contribution in [0.5, 0.6) is 5.88 Å². The summed E-state index contributed by atoms with van der Waals surface area (Å²) in [5.41, 5.74) is 1.02. The van der Waals surface area contributed by atoms with Crippen LogP contribution in [-0.4, -0.2) is 17.1 Å². The number of hydrogen-bond acceptors (Lipinski definition) is 3. The van der Waals surface area contributed by atoms with Crippen molar-refractivity contribution in [2.75, 3.05) is 5.32 Å². The normalized spacial score (nSPS) is 28.9. The molecule has 1 saturated carbocycles. The van der Waals surface area contributed by atoms with E-state index in [-0.39, 0.29) is 6.10 Å². The third-order valence-electron chi connectivity index (χ3n) is 3.82. The summed E-state index contributed by atoms with van der Waals surface area (Å²) in [7, 11) is 0. The molecule has 3 unspecified atom stereocenters. The van der Waals surface area contributed by atoms with Gasteiger partial charge in [0, 0.05) is 18.2 Å². The number of ether oxygens (including phenoxy) is 1. The molecule has 0 bridgehead atoms. The van der Waals surface area contributed by atoms with Gasteiger partial charge in [0.05, 0.1) is 11.8 Å². The predicted molar refractivity (Wildman–Crippen MR) is 72.8 cm³/mol. The van der Waals surface area contributed by atoms with Crippen LogP contribution < -0.4 is 10.1 Å². The smallest absolute Gasteiger partial charge is 0.237 e. The monoisotopic (exact) mass is 244 g/mol. The molecule has 1 aromatic rings. The molecule has 3 heteroatoms. The van der Waals surface area contributed by atoms with E-state index >= 15 is 0 Å². The van der Waals surface area contributed by atoms with Crippen molar-refractivity contribution < 1.29 is 4.74 Å². The Morgan fingerprint density at radius 2 is 2.33 bits per heavy atom. The molecule has 0 amide bonds. The number of nitrogens with one attached hydrogen (secondary N) is 1. The molecule has 0 radical (unpaired) electrons. The van der Waals surface area contributed by atoms with E-state index in [0.29, 0.717) is 12.0 Å². The van der Waals surface area contributed by atoms with Gasteiger partial charge in [0.1, 0.15) is 0 Å². The first-order valence-electron chi connectivity index (χ1n) is 6.79. The van der Waals surface area contributed by atoms with E-state index in [1.54, 1.807) is 6.20 Å². The third-order valence-corrected chi connectivity index (χ3v) is 3.82. The summed E-state index contributed by atoms with van der Waals surface area (Å²) < 4.78 is 5.73. The molecular formula is C15H20N2O. The molecule has 2 aliphatic rings. The lowest BCUT2D eigenvalue weighted by molar-refractivity contribution is 0.213. The molecule has 1 fully saturated rings. The zero-order chi connectivity index (χ0) is 12.5. The molecule has 1 N–H and O–H groups in total. The lowest BCUT2D eigenvalue weighted by Gasteiger charge is -2.41. The van der Waals surface area contributed by atoms with Crippen LogP contribution in [0.3, 0.4) is 0 Å². The van der Waals surface area contributed by atoms with E-state index < -0.39 is 0 Å². The number of allylic oxidation sites excluding steroid dienone is 1. The highest BCUT2D eigenvalue weighted by molar-refractivity contribution is 5.53. The van der Waals surface area contributed by atoms with Gasteiger partial charge in [-0.15, -0.1) is 0 Å². The second kappa shape index (κ2) is 4.63. The van der Waals surface area contributed by atoms with Crippen LogP contribution in [-0.2, 0) is 0 Å². The summed E-state index contributed by atoms with van der Waals surface area (Å²) in [4.78, 5) is 4.31. The van der Waals surface area contributed by atoms with Crippen LogP contribution >= 0.6 is 0 Å². The van der Waals surface area contributed by atoms with Gasteiger partial charge < -0.3 is 10.1 Å². The summed E-state index contributed by atoms with van der Waals surface area (Å²) >= 11 is 0. The predicted octanol–water partition coefficient (Wildman–Crippen LogP) is 3.25. The third kappa shape index (κ3) is 2.09. The SMILES string of the molecule is CC(C)Oc1ncccc1NC1CC2CC=CC21. The van der Waals surface area contributed by atoms with Gasteiger partial charge in [-0.2, -0.15) is 0 Å². The molecule has 3 nitrogen and oxygen atoms in total. The minimum atomic E-state index is 0.154. The second-order valence-electron chi connectivity index (χ2n) is 5.51. The maximum atomic E-state index is 5.73. The van der Waals surface area contributed by atoms with Gasteiger partial charge >= 0.3 is 0 Å². The van der Waals surface area contributed by atoms with Crippen LogP contribution in [0, 0.1) is 11.8 Å². The van der Waals surface area contributed by atoms with Crippen LogP contribution in [0.1, 0.15) is 26.7 Å².